The predicted molar refractivity (Wildman–Crippen MR) is 101 cm³/mol. The molecule has 0 bridgehead atoms. The summed E-state index contributed by atoms with van der Waals surface area (Å²) in [7, 11) is 1.55. The third-order valence-corrected chi connectivity index (χ3v) is 3.80. The fourth-order valence-electron chi connectivity index (χ4n) is 2.33. The number of halogens is 1. The summed E-state index contributed by atoms with van der Waals surface area (Å²) in [6, 6.07) is 13.5. The van der Waals surface area contributed by atoms with E-state index in [4.69, 9.17) is 21.1 Å². The van der Waals surface area contributed by atoms with Crippen molar-refractivity contribution in [3.63, 3.8) is 0 Å². The molecule has 0 unspecified atom stereocenters. The molecule has 2 aromatic rings. The molecule has 0 radical (unpaired) electrons. The van der Waals surface area contributed by atoms with E-state index in [0.717, 1.165) is 12.0 Å². The number of hydrogen-bond acceptors (Lipinski definition) is 3. The summed E-state index contributed by atoms with van der Waals surface area (Å²) in [5, 5.41) is 3.31. The van der Waals surface area contributed by atoms with Crippen molar-refractivity contribution < 1.29 is 14.3 Å². The first kappa shape index (κ1) is 18.9. The van der Waals surface area contributed by atoms with Crippen LogP contribution in [0.1, 0.15) is 18.1 Å². The molecule has 0 heterocycles. The van der Waals surface area contributed by atoms with Crippen LogP contribution in [-0.4, -0.2) is 26.2 Å². The van der Waals surface area contributed by atoms with E-state index >= 15 is 0 Å². The van der Waals surface area contributed by atoms with Crippen molar-refractivity contribution in [2.24, 2.45) is 0 Å². The van der Waals surface area contributed by atoms with Crippen LogP contribution in [0.3, 0.4) is 0 Å². The van der Waals surface area contributed by atoms with Gasteiger partial charge in [0.2, 0.25) is 5.91 Å². The fourth-order valence-corrected chi connectivity index (χ4v) is 2.60. The fraction of sp³-hybridized carbons (Fsp3) is 0.250. The van der Waals surface area contributed by atoms with Crippen molar-refractivity contribution in [3.8, 4) is 11.5 Å². The summed E-state index contributed by atoms with van der Waals surface area (Å²) in [6.07, 6.45) is 3.97. The quantitative estimate of drug-likeness (QED) is 0.721. The van der Waals surface area contributed by atoms with Crippen molar-refractivity contribution in [2.45, 2.75) is 13.3 Å². The molecule has 132 valence electrons. The number of methoxy groups -OCH3 is 1. The Morgan fingerprint density at radius 3 is 2.68 bits per heavy atom. The number of ether oxygens (including phenoxy) is 2. The minimum absolute atomic E-state index is 0.153. The first-order chi connectivity index (χ1) is 12.1. The standard InChI is InChI=1S/C20H22ClNO3/c1-3-25-20-17(21)13-16(14-18(20)24-2)9-10-19(23)22-12-11-15-7-5-4-6-8-15/h4-10,13-14H,3,11-12H2,1-2H3,(H,22,23)/b10-9+. The molecule has 0 aliphatic carbocycles. The van der Waals surface area contributed by atoms with Crippen LogP contribution in [0.2, 0.25) is 5.02 Å². The average Bonchev–Trinajstić information content (AvgIpc) is 2.62. The van der Waals surface area contributed by atoms with E-state index in [-0.39, 0.29) is 5.91 Å². The second-order valence-corrected chi connectivity index (χ2v) is 5.73. The Morgan fingerprint density at radius 1 is 1.24 bits per heavy atom. The van der Waals surface area contributed by atoms with Gasteiger partial charge in [-0.3, -0.25) is 4.79 Å². The number of rotatable bonds is 8. The highest BCUT2D eigenvalue weighted by Gasteiger charge is 2.10. The van der Waals surface area contributed by atoms with Crippen LogP contribution in [0.15, 0.2) is 48.5 Å². The lowest BCUT2D eigenvalue weighted by Crippen LogP contribution is -2.23. The van der Waals surface area contributed by atoms with Crippen molar-refractivity contribution in [1.82, 2.24) is 5.32 Å². The number of benzene rings is 2. The van der Waals surface area contributed by atoms with Gasteiger partial charge in [-0.15, -0.1) is 0 Å². The first-order valence-electron chi connectivity index (χ1n) is 8.14. The molecule has 0 aromatic heterocycles. The molecule has 1 N–H and O–H groups in total. The van der Waals surface area contributed by atoms with Crippen molar-refractivity contribution in [2.75, 3.05) is 20.3 Å². The van der Waals surface area contributed by atoms with Gasteiger partial charge in [-0.05, 0) is 42.7 Å². The minimum atomic E-state index is -0.153. The lowest BCUT2D eigenvalue weighted by Gasteiger charge is -2.11. The molecule has 0 aliphatic rings. The van der Waals surface area contributed by atoms with E-state index in [1.807, 2.05) is 37.3 Å². The van der Waals surface area contributed by atoms with Gasteiger partial charge in [0.15, 0.2) is 11.5 Å². The lowest BCUT2D eigenvalue weighted by atomic mass is 10.1. The topological polar surface area (TPSA) is 47.6 Å². The van der Waals surface area contributed by atoms with Gasteiger partial charge in [0, 0.05) is 12.6 Å². The minimum Gasteiger partial charge on any atom is -0.493 e. The highest BCUT2D eigenvalue weighted by molar-refractivity contribution is 6.32. The van der Waals surface area contributed by atoms with Gasteiger partial charge in [-0.1, -0.05) is 41.9 Å². The Hall–Kier alpha value is -2.46. The van der Waals surface area contributed by atoms with Gasteiger partial charge in [0.1, 0.15) is 0 Å². The molecule has 4 nitrogen and oxygen atoms in total. The second-order valence-electron chi connectivity index (χ2n) is 5.33. The largest absolute Gasteiger partial charge is 0.493 e. The van der Waals surface area contributed by atoms with Crippen LogP contribution >= 0.6 is 11.6 Å². The van der Waals surface area contributed by atoms with E-state index in [9.17, 15) is 4.79 Å². The summed E-state index contributed by atoms with van der Waals surface area (Å²) >= 11 is 6.22. The number of nitrogens with one attached hydrogen (secondary N) is 1. The molecule has 0 fully saturated rings. The zero-order valence-corrected chi connectivity index (χ0v) is 15.2. The van der Waals surface area contributed by atoms with E-state index < -0.39 is 0 Å². The summed E-state index contributed by atoms with van der Waals surface area (Å²) < 4.78 is 10.8. The van der Waals surface area contributed by atoms with Gasteiger partial charge in [0.05, 0.1) is 18.7 Å². The summed E-state index contributed by atoms with van der Waals surface area (Å²) in [4.78, 5) is 11.9. The van der Waals surface area contributed by atoms with Crippen molar-refractivity contribution in [1.29, 1.82) is 0 Å². The van der Waals surface area contributed by atoms with Crippen molar-refractivity contribution >= 4 is 23.6 Å². The third kappa shape index (κ3) is 5.84. The molecule has 0 spiro atoms. The Morgan fingerprint density at radius 2 is 2.00 bits per heavy atom. The number of carbonyl (C=O) groups is 1. The Kier molecular flexibility index (Phi) is 7.36. The molecule has 0 atom stereocenters. The Balaban J connectivity index is 1.94. The Bertz CT molecular complexity index is 729. The van der Waals surface area contributed by atoms with E-state index in [1.54, 1.807) is 25.3 Å². The van der Waals surface area contributed by atoms with Gasteiger partial charge in [-0.2, -0.15) is 0 Å². The smallest absolute Gasteiger partial charge is 0.244 e. The van der Waals surface area contributed by atoms with Gasteiger partial charge in [0.25, 0.3) is 0 Å². The molecule has 1 amide bonds. The maximum Gasteiger partial charge on any atom is 0.244 e. The van der Waals surface area contributed by atoms with Gasteiger partial charge >= 0.3 is 0 Å². The molecular weight excluding hydrogens is 338 g/mol. The molecule has 2 aromatic carbocycles. The van der Waals surface area contributed by atoms with Crippen LogP contribution < -0.4 is 14.8 Å². The molecule has 0 aliphatic heterocycles. The summed E-state index contributed by atoms with van der Waals surface area (Å²) in [5.74, 6) is 0.898. The first-order valence-corrected chi connectivity index (χ1v) is 8.52. The summed E-state index contributed by atoms with van der Waals surface area (Å²) in [5.41, 5.74) is 1.96. The lowest BCUT2D eigenvalue weighted by molar-refractivity contribution is -0.116. The van der Waals surface area contributed by atoms with Gasteiger partial charge < -0.3 is 14.8 Å². The van der Waals surface area contributed by atoms with E-state index in [0.29, 0.717) is 29.7 Å². The average molecular weight is 360 g/mol. The second kappa shape index (κ2) is 9.74. The number of amides is 1. The predicted octanol–water partition coefficient (Wildman–Crippen LogP) is 4.12. The maximum absolute atomic E-state index is 11.9. The zero-order chi connectivity index (χ0) is 18.1. The molecular formula is C20H22ClNO3. The van der Waals surface area contributed by atoms with E-state index in [1.165, 1.54) is 11.6 Å². The zero-order valence-electron chi connectivity index (χ0n) is 14.4. The summed E-state index contributed by atoms with van der Waals surface area (Å²) in [6.45, 7) is 2.96. The van der Waals surface area contributed by atoms with Crippen LogP contribution in [0.5, 0.6) is 11.5 Å². The number of hydrogen-bond donors (Lipinski definition) is 1. The van der Waals surface area contributed by atoms with E-state index in [2.05, 4.69) is 5.32 Å². The normalized spacial score (nSPS) is 10.7. The van der Waals surface area contributed by atoms with Crippen LogP contribution in [0, 0.1) is 0 Å². The molecule has 25 heavy (non-hydrogen) atoms. The monoisotopic (exact) mass is 359 g/mol. The van der Waals surface area contributed by atoms with Crippen molar-refractivity contribution in [3.05, 3.63) is 64.7 Å². The molecule has 0 saturated heterocycles. The maximum atomic E-state index is 11.9. The SMILES string of the molecule is CCOc1c(Cl)cc(/C=C/C(=O)NCCc2ccccc2)cc1OC. The molecule has 5 heteroatoms. The Labute approximate surface area is 153 Å². The molecule has 2 rings (SSSR count). The molecule has 0 saturated carbocycles. The van der Waals surface area contributed by atoms with Crippen LogP contribution in [0.4, 0.5) is 0 Å². The third-order valence-electron chi connectivity index (χ3n) is 3.52. The van der Waals surface area contributed by atoms with Gasteiger partial charge in [-0.25, -0.2) is 0 Å². The van der Waals surface area contributed by atoms with Crippen LogP contribution in [-0.2, 0) is 11.2 Å². The highest BCUT2D eigenvalue weighted by atomic mass is 35.5. The number of carbonyl (C=O) groups excluding carboxylic acids is 1. The van der Waals surface area contributed by atoms with Crippen LogP contribution in [0.25, 0.3) is 6.08 Å². The highest BCUT2D eigenvalue weighted by Crippen LogP contribution is 2.36.